The highest BCUT2D eigenvalue weighted by molar-refractivity contribution is 5.97. The van der Waals surface area contributed by atoms with E-state index in [0.717, 1.165) is 16.7 Å². The number of aromatic amines is 2. The van der Waals surface area contributed by atoms with E-state index >= 15 is 0 Å². The van der Waals surface area contributed by atoms with Crippen LogP contribution in [0.1, 0.15) is 16.2 Å². The predicted molar refractivity (Wildman–Crippen MR) is 72.7 cm³/mol. The van der Waals surface area contributed by atoms with E-state index in [4.69, 9.17) is 0 Å². The first-order chi connectivity index (χ1) is 9.24. The number of carbonyl (C=O) groups excluding carboxylic acids is 1. The fourth-order valence-electron chi connectivity index (χ4n) is 2.09. The second kappa shape index (κ2) is 4.61. The molecule has 2 aromatic heterocycles. The molecule has 96 valence electrons. The Morgan fingerprint density at radius 2 is 2.16 bits per heavy atom. The molecule has 5 heteroatoms. The maximum atomic E-state index is 12.3. The smallest absolute Gasteiger partial charge is 0.254 e. The maximum Gasteiger partial charge on any atom is 0.254 e. The van der Waals surface area contributed by atoms with Gasteiger partial charge in [0.15, 0.2) is 0 Å². The summed E-state index contributed by atoms with van der Waals surface area (Å²) in [6.45, 7) is 0.469. The molecule has 0 aliphatic carbocycles. The highest BCUT2D eigenvalue weighted by Crippen LogP contribution is 2.15. The van der Waals surface area contributed by atoms with Crippen molar-refractivity contribution in [2.45, 2.75) is 6.54 Å². The van der Waals surface area contributed by atoms with Crippen molar-refractivity contribution >= 4 is 16.8 Å². The number of fused-ring (bicyclic) bond motifs is 1. The van der Waals surface area contributed by atoms with Gasteiger partial charge in [-0.25, -0.2) is 4.98 Å². The van der Waals surface area contributed by atoms with Gasteiger partial charge in [-0.15, -0.1) is 0 Å². The summed E-state index contributed by atoms with van der Waals surface area (Å²) in [5.41, 5.74) is 1.71. The molecule has 0 spiro atoms. The predicted octanol–water partition coefficient (Wildman–Crippen LogP) is 2.16. The first-order valence-corrected chi connectivity index (χ1v) is 6.05. The van der Waals surface area contributed by atoms with Crippen LogP contribution in [-0.4, -0.2) is 32.8 Å². The number of nitrogens with one attached hydrogen (secondary N) is 2. The van der Waals surface area contributed by atoms with E-state index in [1.807, 2.05) is 30.5 Å². The van der Waals surface area contributed by atoms with Crippen molar-refractivity contribution < 1.29 is 4.79 Å². The van der Waals surface area contributed by atoms with Crippen molar-refractivity contribution in [2.75, 3.05) is 7.05 Å². The Morgan fingerprint density at radius 1 is 1.26 bits per heavy atom. The molecular formula is C14H14N4O. The Hall–Kier alpha value is -2.56. The average Bonchev–Trinajstić information content (AvgIpc) is 3.07. The number of hydrogen-bond donors (Lipinski definition) is 2. The molecule has 5 nitrogen and oxygen atoms in total. The largest absolute Gasteiger partial charge is 0.361 e. The minimum absolute atomic E-state index is 0.0144. The van der Waals surface area contributed by atoms with Crippen molar-refractivity contribution in [3.8, 4) is 0 Å². The molecule has 0 aliphatic heterocycles. The molecule has 2 N–H and O–H groups in total. The fraction of sp³-hybridized carbons (Fsp3) is 0.143. The van der Waals surface area contributed by atoms with E-state index in [1.54, 1.807) is 24.3 Å². The van der Waals surface area contributed by atoms with Gasteiger partial charge >= 0.3 is 0 Å². The molecule has 1 amide bonds. The van der Waals surface area contributed by atoms with Crippen molar-refractivity contribution in [3.05, 3.63) is 54.2 Å². The third-order valence-electron chi connectivity index (χ3n) is 3.09. The van der Waals surface area contributed by atoms with Gasteiger partial charge in [0.05, 0.1) is 6.54 Å². The quantitative estimate of drug-likeness (QED) is 0.752. The number of benzene rings is 1. The van der Waals surface area contributed by atoms with Gasteiger partial charge in [0.1, 0.15) is 5.82 Å². The van der Waals surface area contributed by atoms with Crippen LogP contribution in [0.3, 0.4) is 0 Å². The first-order valence-electron chi connectivity index (χ1n) is 6.05. The lowest BCUT2D eigenvalue weighted by Gasteiger charge is -2.15. The van der Waals surface area contributed by atoms with Gasteiger partial charge in [-0.2, -0.15) is 0 Å². The van der Waals surface area contributed by atoms with Gasteiger partial charge in [-0.1, -0.05) is 0 Å². The minimum atomic E-state index is -0.0144. The maximum absolute atomic E-state index is 12.3. The number of nitrogens with zero attached hydrogens (tertiary/aromatic N) is 2. The number of aromatic nitrogens is 3. The van der Waals surface area contributed by atoms with Crippen LogP contribution in [-0.2, 0) is 6.54 Å². The molecule has 0 saturated heterocycles. The number of amides is 1. The van der Waals surface area contributed by atoms with E-state index in [9.17, 15) is 4.79 Å². The topological polar surface area (TPSA) is 64.8 Å². The molecule has 0 bridgehead atoms. The lowest BCUT2D eigenvalue weighted by Crippen LogP contribution is -2.26. The zero-order valence-electron chi connectivity index (χ0n) is 10.6. The third kappa shape index (κ3) is 2.22. The van der Waals surface area contributed by atoms with Crippen LogP contribution in [0.4, 0.5) is 0 Å². The minimum Gasteiger partial charge on any atom is -0.361 e. The Morgan fingerprint density at radius 3 is 2.95 bits per heavy atom. The molecular weight excluding hydrogens is 240 g/mol. The van der Waals surface area contributed by atoms with Crippen LogP contribution in [0.25, 0.3) is 10.9 Å². The standard InChI is InChI=1S/C14H14N4O/c1-18(9-13-16-6-7-17-13)14(19)11-2-3-12-10(8-11)4-5-15-12/h2-8,15H,9H2,1H3,(H,16,17). The summed E-state index contributed by atoms with van der Waals surface area (Å²) in [5.74, 6) is 0.762. The van der Waals surface area contributed by atoms with E-state index in [1.165, 1.54) is 0 Å². The van der Waals surface area contributed by atoms with Gasteiger partial charge in [0.2, 0.25) is 0 Å². The van der Waals surface area contributed by atoms with Crippen molar-refractivity contribution in [2.24, 2.45) is 0 Å². The summed E-state index contributed by atoms with van der Waals surface area (Å²) in [5, 5.41) is 1.04. The number of rotatable bonds is 3. The number of carbonyl (C=O) groups is 1. The van der Waals surface area contributed by atoms with Crippen LogP contribution in [0, 0.1) is 0 Å². The Balaban J connectivity index is 1.82. The van der Waals surface area contributed by atoms with Crippen molar-refractivity contribution in [1.82, 2.24) is 19.9 Å². The molecule has 0 fully saturated rings. The van der Waals surface area contributed by atoms with Crippen LogP contribution in [0.15, 0.2) is 42.9 Å². The van der Waals surface area contributed by atoms with Crippen LogP contribution < -0.4 is 0 Å². The van der Waals surface area contributed by atoms with E-state index in [2.05, 4.69) is 15.0 Å². The van der Waals surface area contributed by atoms with E-state index < -0.39 is 0 Å². The van der Waals surface area contributed by atoms with Gasteiger partial charge in [-0.3, -0.25) is 4.79 Å². The molecule has 0 aliphatic rings. The molecule has 2 heterocycles. The summed E-state index contributed by atoms with van der Waals surface area (Å²) in [6.07, 6.45) is 5.30. The van der Waals surface area contributed by atoms with Gasteiger partial charge in [0.25, 0.3) is 5.91 Å². The normalized spacial score (nSPS) is 10.8. The monoisotopic (exact) mass is 254 g/mol. The van der Waals surface area contributed by atoms with Crippen molar-refractivity contribution in [1.29, 1.82) is 0 Å². The number of imidazole rings is 1. The van der Waals surface area contributed by atoms with Gasteiger partial charge < -0.3 is 14.9 Å². The van der Waals surface area contributed by atoms with E-state index in [0.29, 0.717) is 12.1 Å². The molecule has 0 unspecified atom stereocenters. The molecule has 0 atom stereocenters. The Kier molecular flexibility index (Phi) is 2.79. The van der Waals surface area contributed by atoms with Crippen LogP contribution in [0.5, 0.6) is 0 Å². The van der Waals surface area contributed by atoms with E-state index in [-0.39, 0.29) is 5.91 Å². The molecule has 0 radical (unpaired) electrons. The zero-order valence-corrected chi connectivity index (χ0v) is 10.6. The zero-order chi connectivity index (χ0) is 13.2. The lowest BCUT2D eigenvalue weighted by atomic mass is 10.1. The van der Waals surface area contributed by atoms with Crippen molar-refractivity contribution in [3.63, 3.8) is 0 Å². The highest BCUT2D eigenvalue weighted by Gasteiger charge is 2.13. The summed E-state index contributed by atoms with van der Waals surface area (Å²) < 4.78 is 0. The molecule has 3 aromatic rings. The lowest BCUT2D eigenvalue weighted by molar-refractivity contribution is 0.0782. The molecule has 19 heavy (non-hydrogen) atoms. The highest BCUT2D eigenvalue weighted by atomic mass is 16.2. The second-order valence-corrected chi connectivity index (χ2v) is 4.48. The Bertz CT molecular complexity index is 699. The number of hydrogen-bond acceptors (Lipinski definition) is 2. The van der Waals surface area contributed by atoms with Crippen LogP contribution in [0.2, 0.25) is 0 Å². The summed E-state index contributed by atoms with van der Waals surface area (Å²) in [7, 11) is 1.77. The summed E-state index contributed by atoms with van der Waals surface area (Å²) >= 11 is 0. The molecule has 0 saturated carbocycles. The van der Waals surface area contributed by atoms with Crippen LogP contribution >= 0.6 is 0 Å². The Labute approximate surface area is 110 Å². The van der Waals surface area contributed by atoms with Gasteiger partial charge in [-0.05, 0) is 24.3 Å². The molecule has 1 aromatic carbocycles. The average molecular weight is 254 g/mol. The fourth-order valence-corrected chi connectivity index (χ4v) is 2.09. The SMILES string of the molecule is CN(Cc1ncc[nH]1)C(=O)c1ccc2[nH]ccc2c1. The number of H-pyrrole nitrogens is 2. The van der Waals surface area contributed by atoms with Gasteiger partial charge in [0, 0.05) is 42.1 Å². The summed E-state index contributed by atoms with van der Waals surface area (Å²) in [4.78, 5) is 24.2. The molecule has 3 rings (SSSR count). The second-order valence-electron chi connectivity index (χ2n) is 4.48. The summed E-state index contributed by atoms with van der Waals surface area (Å²) in [6, 6.07) is 7.61. The third-order valence-corrected chi connectivity index (χ3v) is 3.09. The first kappa shape index (κ1) is 11.5.